The van der Waals surface area contributed by atoms with Gasteiger partial charge in [-0.1, -0.05) is 184 Å². The Morgan fingerprint density at radius 2 is 0.755 bits per heavy atom. The minimum atomic E-state index is -0.148. The summed E-state index contributed by atoms with van der Waals surface area (Å²) in [5, 5.41) is 12.9. The Labute approximate surface area is 309 Å². The fraction of sp³-hybridized carbons (Fsp3) is 0.0566. The maximum atomic E-state index is 2.43. The summed E-state index contributed by atoms with van der Waals surface area (Å²) < 4.78 is 0. The molecule has 0 unspecified atom stereocenters. The summed E-state index contributed by atoms with van der Waals surface area (Å²) >= 11 is 0. The van der Waals surface area contributed by atoms with Crippen molar-refractivity contribution in [1.82, 2.24) is 0 Å². The molecule has 0 saturated carbocycles. The maximum Gasteiger partial charge on any atom is 0.0171 e. The Balaban J connectivity index is 1.12. The molecule has 0 spiro atoms. The van der Waals surface area contributed by atoms with Crippen molar-refractivity contribution in [3.8, 4) is 44.5 Å². The van der Waals surface area contributed by atoms with E-state index < -0.39 is 0 Å². The Bertz CT molecular complexity index is 3080. The lowest BCUT2D eigenvalue weighted by Crippen LogP contribution is -2.16. The number of rotatable bonds is 3. The van der Waals surface area contributed by atoms with Crippen LogP contribution in [0.3, 0.4) is 0 Å². The molecule has 0 fully saturated rings. The standard InChI is InChI=1S/C53H36/c1-53(2)51-41-18-6-4-14-34(41)27-30-48(51)47-24-12-23-42(52(47)53)35-15-11-16-37(31-35)49-43-19-7-9-21-45(43)50(46-22-10-8-20-44(46)49)38-28-29-40-36(32-38)26-25-33-13-3-5-17-39(33)40/h3-32H,1-2H3. The van der Waals surface area contributed by atoms with Gasteiger partial charge in [-0.2, -0.15) is 0 Å². The third-order valence-corrected chi connectivity index (χ3v) is 12.0. The molecule has 1 aliphatic carbocycles. The lowest BCUT2D eigenvalue weighted by Gasteiger charge is -2.26. The van der Waals surface area contributed by atoms with Gasteiger partial charge in [0.05, 0.1) is 0 Å². The van der Waals surface area contributed by atoms with E-state index in [9.17, 15) is 0 Å². The molecule has 248 valence electrons. The topological polar surface area (TPSA) is 0 Å². The normalized spacial score (nSPS) is 13.2. The molecule has 11 rings (SSSR count). The highest BCUT2D eigenvalue weighted by Crippen LogP contribution is 2.54. The van der Waals surface area contributed by atoms with Gasteiger partial charge < -0.3 is 0 Å². The fourth-order valence-electron chi connectivity index (χ4n) is 9.75. The van der Waals surface area contributed by atoms with Crippen molar-refractivity contribution in [3.05, 3.63) is 193 Å². The van der Waals surface area contributed by atoms with Gasteiger partial charge in [0, 0.05) is 5.41 Å². The molecule has 0 heteroatoms. The smallest absolute Gasteiger partial charge is 0.0171 e. The molecule has 10 aromatic rings. The van der Waals surface area contributed by atoms with Gasteiger partial charge in [0.2, 0.25) is 0 Å². The maximum absolute atomic E-state index is 2.43. The summed E-state index contributed by atoms with van der Waals surface area (Å²) in [5.41, 5.74) is 13.0. The molecule has 0 aliphatic heterocycles. The highest BCUT2D eigenvalue weighted by atomic mass is 14.4. The number of fused-ring (bicyclic) bond motifs is 10. The summed E-state index contributed by atoms with van der Waals surface area (Å²) in [6.45, 7) is 4.82. The van der Waals surface area contributed by atoms with E-state index in [1.54, 1.807) is 0 Å². The molecule has 0 amide bonds. The van der Waals surface area contributed by atoms with Gasteiger partial charge in [-0.3, -0.25) is 0 Å². The zero-order chi connectivity index (χ0) is 35.3. The molecule has 0 saturated heterocycles. The van der Waals surface area contributed by atoms with E-state index in [-0.39, 0.29) is 5.41 Å². The summed E-state index contributed by atoms with van der Waals surface area (Å²) in [6, 6.07) is 67.9. The highest BCUT2D eigenvalue weighted by Gasteiger charge is 2.38. The van der Waals surface area contributed by atoms with E-state index in [2.05, 4.69) is 196 Å². The van der Waals surface area contributed by atoms with E-state index in [1.807, 2.05) is 0 Å². The average Bonchev–Trinajstić information content (AvgIpc) is 3.46. The first-order chi connectivity index (χ1) is 26.1. The average molecular weight is 673 g/mol. The van der Waals surface area contributed by atoms with Crippen LogP contribution in [0.5, 0.6) is 0 Å². The molecule has 0 radical (unpaired) electrons. The summed E-state index contributed by atoms with van der Waals surface area (Å²) in [6.07, 6.45) is 0. The molecule has 0 atom stereocenters. The van der Waals surface area contributed by atoms with Crippen molar-refractivity contribution in [2.24, 2.45) is 0 Å². The SMILES string of the molecule is CC1(C)c2c(-c3cccc(-c4c5ccccc5c(-c5ccc6c(ccc7ccccc76)c5)c5ccccc45)c3)cccc2-c2ccc3ccccc3c21. The predicted molar refractivity (Wildman–Crippen MR) is 228 cm³/mol. The molecule has 0 nitrogen and oxygen atoms in total. The molecule has 53 heavy (non-hydrogen) atoms. The molecule has 0 aromatic heterocycles. The first-order valence-corrected chi connectivity index (χ1v) is 18.7. The van der Waals surface area contributed by atoms with Crippen LogP contribution in [0.15, 0.2) is 182 Å². The summed E-state index contributed by atoms with van der Waals surface area (Å²) in [5.74, 6) is 0. The van der Waals surface area contributed by atoms with Crippen LogP contribution >= 0.6 is 0 Å². The highest BCUT2D eigenvalue weighted by molar-refractivity contribution is 6.22. The first-order valence-electron chi connectivity index (χ1n) is 18.7. The van der Waals surface area contributed by atoms with E-state index in [4.69, 9.17) is 0 Å². The molecule has 0 bridgehead atoms. The quantitative estimate of drug-likeness (QED) is 0.129. The largest absolute Gasteiger partial charge is 0.0616 e. The second-order valence-electron chi connectivity index (χ2n) is 15.2. The van der Waals surface area contributed by atoms with Gasteiger partial charge >= 0.3 is 0 Å². The fourth-order valence-corrected chi connectivity index (χ4v) is 9.75. The zero-order valence-electron chi connectivity index (χ0n) is 29.8. The van der Waals surface area contributed by atoms with Crippen molar-refractivity contribution in [2.75, 3.05) is 0 Å². The van der Waals surface area contributed by atoms with Crippen molar-refractivity contribution >= 4 is 53.9 Å². The van der Waals surface area contributed by atoms with E-state index in [0.717, 1.165) is 0 Å². The summed E-state index contributed by atoms with van der Waals surface area (Å²) in [7, 11) is 0. The lowest BCUT2D eigenvalue weighted by atomic mass is 9.77. The lowest BCUT2D eigenvalue weighted by molar-refractivity contribution is 0.668. The molecule has 0 N–H and O–H groups in total. The van der Waals surface area contributed by atoms with Crippen molar-refractivity contribution in [1.29, 1.82) is 0 Å². The minimum Gasteiger partial charge on any atom is -0.0616 e. The van der Waals surface area contributed by atoms with E-state index >= 15 is 0 Å². The van der Waals surface area contributed by atoms with Gasteiger partial charge in [-0.25, -0.2) is 0 Å². The number of hydrogen-bond acceptors (Lipinski definition) is 0. The van der Waals surface area contributed by atoms with Crippen LogP contribution < -0.4 is 0 Å². The van der Waals surface area contributed by atoms with E-state index in [1.165, 1.54) is 109 Å². The van der Waals surface area contributed by atoms with Crippen molar-refractivity contribution in [2.45, 2.75) is 19.3 Å². The van der Waals surface area contributed by atoms with Gasteiger partial charge in [0.15, 0.2) is 0 Å². The van der Waals surface area contributed by atoms with E-state index in [0.29, 0.717) is 0 Å². The van der Waals surface area contributed by atoms with Crippen LogP contribution in [0.1, 0.15) is 25.0 Å². The van der Waals surface area contributed by atoms with Crippen LogP contribution in [0.2, 0.25) is 0 Å². The third-order valence-electron chi connectivity index (χ3n) is 12.0. The monoisotopic (exact) mass is 672 g/mol. The zero-order valence-corrected chi connectivity index (χ0v) is 29.8. The number of hydrogen-bond donors (Lipinski definition) is 0. The molecule has 10 aromatic carbocycles. The van der Waals surface area contributed by atoms with Gasteiger partial charge in [0.25, 0.3) is 0 Å². The molecule has 1 aliphatic rings. The van der Waals surface area contributed by atoms with Crippen molar-refractivity contribution in [3.63, 3.8) is 0 Å². The second kappa shape index (κ2) is 11.2. The van der Waals surface area contributed by atoms with Crippen LogP contribution in [0.25, 0.3) is 98.4 Å². The van der Waals surface area contributed by atoms with Crippen LogP contribution in [0, 0.1) is 0 Å². The minimum absolute atomic E-state index is 0.148. The Morgan fingerprint density at radius 1 is 0.283 bits per heavy atom. The Hall–Kier alpha value is -6.50. The Kier molecular flexibility index (Phi) is 6.40. The molecule has 0 heterocycles. The second-order valence-corrected chi connectivity index (χ2v) is 15.2. The van der Waals surface area contributed by atoms with Gasteiger partial charge in [-0.05, 0) is 122 Å². The number of benzene rings is 10. The van der Waals surface area contributed by atoms with Crippen LogP contribution in [-0.2, 0) is 5.41 Å². The third kappa shape index (κ3) is 4.36. The van der Waals surface area contributed by atoms with Gasteiger partial charge in [-0.15, -0.1) is 0 Å². The summed E-state index contributed by atoms with van der Waals surface area (Å²) in [4.78, 5) is 0. The molecular weight excluding hydrogens is 637 g/mol. The van der Waals surface area contributed by atoms with Crippen molar-refractivity contribution < 1.29 is 0 Å². The van der Waals surface area contributed by atoms with Crippen LogP contribution in [0.4, 0.5) is 0 Å². The predicted octanol–water partition coefficient (Wildman–Crippen LogP) is 14.8. The Morgan fingerprint density at radius 3 is 1.45 bits per heavy atom. The van der Waals surface area contributed by atoms with Crippen LogP contribution in [-0.4, -0.2) is 0 Å². The molecular formula is C53H36. The first kappa shape index (κ1) is 30.2. The van der Waals surface area contributed by atoms with Gasteiger partial charge in [0.1, 0.15) is 0 Å².